The maximum absolute atomic E-state index is 12.9. The normalized spacial score (nSPS) is 12.3. The van der Waals surface area contributed by atoms with Gasteiger partial charge in [-0.2, -0.15) is 0 Å². The first kappa shape index (κ1) is 20.5. The number of benzene rings is 1. The Morgan fingerprint density at radius 3 is 2.75 bits per heavy atom. The van der Waals surface area contributed by atoms with Crippen LogP contribution in [0, 0.1) is 19.7 Å². The zero-order valence-electron chi connectivity index (χ0n) is 16.0. The summed E-state index contributed by atoms with van der Waals surface area (Å²) in [5, 5.41) is 3.27. The fourth-order valence-electron chi connectivity index (χ4n) is 2.77. The molecule has 0 radical (unpaired) electrons. The van der Waals surface area contributed by atoms with Gasteiger partial charge in [0.1, 0.15) is 16.5 Å². The van der Waals surface area contributed by atoms with E-state index in [4.69, 9.17) is 0 Å². The quantitative estimate of drug-likeness (QED) is 0.612. The van der Waals surface area contributed by atoms with Crippen LogP contribution < -0.4 is 10.9 Å². The van der Waals surface area contributed by atoms with Crippen molar-refractivity contribution in [1.29, 1.82) is 0 Å². The zero-order valence-corrected chi connectivity index (χ0v) is 17.6. The lowest BCUT2D eigenvalue weighted by molar-refractivity contribution is -0.120. The van der Waals surface area contributed by atoms with Crippen LogP contribution in [0.5, 0.6) is 0 Å². The van der Waals surface area contributed by atoms with Crippen LogP contribution in [0.4, 0.5) is 4.39 Å². The first-order valence-electron chi connectivity index (χ1n) is 8.98. The molecule has 2 N–H and O–H groups in total. The van der Waals surface area contributed by atoms with E-state index in [1.165, 1.54) is 35.2 Å². The molecule has 8 heteroatoms. The highest BCUT2D eigenvalue weighted by molar-refractivity contribution is 7.99. The van der Waals surface area contributed by atoms with E-state index in [2.05, 4.69) is 15.3 Å². The van der Waals surface area contributed by atoms with E-state index >= 15 is 0 Å². The number of nitrogens with one attached hydrogen (secondary N) is 2. The highest BCUT2D eigenvalue weighted by atomic mass is 32.2. The van der Waals surface area contributed by atoms with Gasteiger partial charge in [0.25, 0.3) is 5.56 Å². The lowest BCUT2D eigenvalue weighted by Crippen LogP contribution is -2.32. The van der Waals surface area contributed by atoms with Crippen molar-refractivity contribution in [3.63, 3.8) is 0 Å². The number of amides is 1. The van der Waals surface area contributed by atoms with Crippen LogP contribution in [0.15, 0.2) is 29.1 Å². The average molecular weight is 420 g/mol. The molecule has 0 bridgehead atoms. The number of carbonyl (C=O) groups is 1. The first-order chi connectivity index (χ1) is 13.3. The smallest absolute Gasteiger partial charge is 0.259 e. The number of carbonyl (C=O) groups excluding carboxylic acids is 1. The number of fused-ring (bicyclic) bond motifs is 1. The predicted molar refractivity (Wildman–Crippen MR) is 114 cm³/mol. The van der Waals surface area contributed by atoms with Crippen molar-refractivity contribution in [3.8, 4) is 0 Å². The molecule has 0 aliphatic rings. The van der Waals surface area contributed by atoms with Crippen molar-refractivity contribution < 1.29 is 9.18 Å². The molecule has 0 saturated carbocycles. The molecule has 148 valence electrons. The largest absolute Gasteiger partial charge is 0.355 e. The fourth-order valence-corrected chi connectivity index (χ4v) is 4.60. The average Bonchev–Trinajstić information content (AvgIpc) is 2.95. The lowest BCUT2D eigenvalue weighted by Gasteiger charge is -2.12. The third-order valence-corrected chi connectivity index (χ3v) is 6.81. The van der Waals surface area contributed by atoms with Gasteiger partial charge in [0, 0.05) is 11.4 Å². The van der Waals surface area contributed by atoms with E-state index in [0.29, 0.717) is 29.9 Å². The predicted octanol–water partition coefficient (Wildman–Crippen LogP) is 3.72. The Hall–Kier alpha value is -2.19. The molecule has 2 aromatic heterocycles. The van der Waals surface area contributed by atoms with E-state index in [0.717, 1.165) is 20.8 Å². The third-order valence-electron chi connectivity index (χ3n) is 4.55. The number of thioether (sulfide) groups is 1. The minimum absolute atomic E-state index is 0.0710. The summed E-state index contributed by atoms with van der Waals surface area (Å²) in [7, 11) is 0. The van der Waals surface area contributed by atoms with E-state index in [9.17, 15) is 14.0 Å². The SMILES string of the molecule is Cc1sc2nc(CSC(C)C(=O)NCCc3ccc(F)cc3)[nH]c(=O)c2c1C. The van der Waals surface area contributed by atoms with Gasteiger partial charge in [-0.25, -0.2) is 9.37 Å². The molecule has 0 aliphatic carbocycles. The van der Waals surface area contributed by atoms with Crippen LogP contribution in [0.2, 0.25) is 0 Å². The molecule has 0 aliphatic heterocycles. The lowest BCUT2D eigenvalue weighted by atomic mass is 10.1. The van der Waals surface area contributed by atoms with Gasteiger partial charge in [-0.1, -0.05) is 12.1 Å². The molecule has 1 amide bonds. The molecule has 1 atom stereocenters. The van der Waals surface area contributed by atoms with Gasteiger partial charge in [0.05, 0.1) is 16.4 Å². The summed E-state index contributed by atoms with van der Waals surface area (Å²) in [6.45, 7) is 6.23. The zero-order chi connectivity index (χ0) is 20.3. The number of thiophene rings is 1. The summed E-state index contributed by atoms with van der Waals surface area (Å²) in [4.78, 5) is 33.8. The number of H-pyrrole nitrogens is 1. The third kappa shape index (κ3) is 4.80. The van der Waals surface area contributed by atoms with Crippen molar-refractivity contribution in [2.45, 2.75) is 38.2 Å². The number of hydrogen-bond donors (Lipinski definition) is 2. The number of rotatable bonds is 7. The molecule has 0 fully saturated rings. The van der Waals surface area contributed by atoms with Crippen LogP contribution in [-0.4, -0.2) is 27.7 Å². The minimum Gasteiger partial charge on any atom is -0.355 e. The molecule has 2 heterocycles. The number of aryl methyl sites for hydroxylation is 2. The Kier molecular flexibility index (Phi) is 6.51. The van der Waals surface area contributed by atoms with Gasteiger partial charge in [-0.05, 0) is 50.5 Å². The van der Waals surface area contributed by atoms with E-state index in [1.54, 1.807) is 12.1 Å². The van der Waals surface area contributed by atoms with Gasteiger partial charge in [-0.3, -0.25) is 9.59 Å². The first-order valence-corrected chi connectivity index (χ1v) is 10.8. The fraction of sp³-hybridized carbons (Fsp3) is 0.350. The second-order valence-corrected chi connectivity index (χ2v) is 9.13. The summed E-state index contributed by atoms with van der Waals surface area (Å²) in [5.41, 5.74) is 1.82. The number of halogens is 1. The molecule has 5 nitrogen and oxygen atoms in total. The van der Waals surface area contributed by atoms with Gasteiger partial charge < -0.3 is 10.3 Å². The maximum atomic E-state index is 12.9. The van der Waals surface area contributed by atoms with Crippen molar-refractivity contribution in [1.82, 2.24) is 15.3 Å². The molecule has 0 spiro atoms. The standard InChI is InChI=1S/C20H22FN3O2S2/c1-11-12(2)28-20-17(11)19(26)23-16(24-20)10-27-13(3)18(25)22-9-8-14-4-6-15(21)7-5-14/h4-7,13H,8-10H2,1-3H3,(H,22,25)(H,23,24,26). The van der Waals surface area contributed by atoms with Crippen LogP contribution in [0.25, 0.3) is 10.2 Å². The molecule has 3 rings (SSSR count). The molecule has 1 aromatic carbocycles. The molecular weight excluding hydrogens is 397 g/mol. The number of aromatic amines is 1. The summed E-state index contributed by atoms with van der Waals surface area (Å²) in [6, 6.07) is 6.26. The Balaban J connectivity index is 1.52. The van der Waals surface area contributed by atoms with Gasteiger partial charge in [0.15, 0.2) is 0 Å². The molecule has 1 unspecified atom stereocenters. The van der Waals surface area contributed by atoms with Crippen molar-refractivity contribution in [2.75, 3.05) is 6.54 Å². The molecule has 0 saturated heterocycles. The molecule has 28 heavy (non-hydrogen) atoms. The summed E-state index contributed by atoms with van der Waals surface area (Å²) in [5.74, 6) is 0.692. The number of hydrogen-bond acceptors (Lipinski definition) is 5. The number of nitrogens with zero attached hydrogens (tertiary/aromatic N) is 1. The van der Waals surface area contributed by atoms with E-state index in [1.807, 2.05) is 20.8 Å². The summed E-state index contributed by atoms with van der Waals surface area (Å²) in [6.07, 6.45) is 0.645. The van der Waals surface area contributed by atoms with Crippen LogP contribution >= 0.6 is 23.1 Å². The molecule has 3 aromatic rings. The highest BCUT2D eigenvalue weighted by Gasteiger charge is 2.16. The van der Waals surface area contributed by atoms with Crippen molar-refractivity contribution in [2.24, 2.45) is 0 Å². The van der Waals surface area contributed by atoms with Gasteiger partial charge >= 0.3 is 0 Å². The molecular formula is C20H22FN3O2S2. The van der Waals surface area contributed by atoms with E-state index in [-0.39, 0.29) is 22.5 Å². The Morgan fingerprint density at radius 2 is 2.04 bits per heavy atom. The Labute approximate surface area is 170 Å². The second kappa shape index (κ2) is 8.87. The minimum atomic E-state index is -0.277. The monoisotopic (exact) mass is 419 g/mol. The van der Waals surface area contributed by atoms with Crippen LogP contribution in [-0.2, 0) is 17.0 Å². The van der Waals surface area contributed by atoms with Gasteiger partial charge in [0.2, 0.25) is 5.91 Å². The second-order valence-electron chi connectivity index (χ2n) is 6.60. The highest BCUT2D eigenvalue weighted by Crippen LogP contribution is 2.26. The van der Waals surface area contributed by atoms with Gasteiger partial charge in [-0.15, -0.1) is 23.1 Å². The van der Waals surface area contributed by atoms with E-state index < -0.39 is 0 Å². The Morgan fingerprint density at radius 1 is 1.32 bits per heavy atom. The van der Waals surface area contributed by atoms with Crippen LogP contribution in [0.3, 0.4) is 0 Å². The topological polar surface area (TPSA) is 74.8 Å². The van der Waals surface area contributed by atoms with Crippen molar-refractivity contribution >= 4 is 39.2 Å². The van der Waals surface area contributed by atoms with Crippen molar-refractivity contribution in [3.05, 3.63) is 62.3 Å². The maximum Gasteiger partial charge on any atom is 0.259 e. The van der Waals surface area contributed by atoms with Crippen LogP contribution in [0.1, 0.15) is 28.8 Å². The number of aromatic nitrogens is 2. The summed E-state index contributed by atoms with van der Waals surface area (Å²) >= 11 is 2.94. The summed E-state index contributed by atoms with van der Waals surface area (Å²) < 4.78 is 12.9. The Bertz CT molecular complexity index is 1040.